The van der Waals surface area contributed by atoms with Crippen molar-refractivity contribution in [3.8, 4) is 0 Å². The Kier molecular flexibility index (Phi) is 4.52. The molecule has 5 heteroatoms. The van der Waals surface area contributed by atoms with Crippen LogP contribution in [-0.4, -0.2) is 31.2 Å². The molecule has 0 saturated heterocycles. The number of nitrogens with one attached hydrogen (secondary N) is 1. The van der Waals surface area contributed by atoms with Crippen LogP contribution in [0.5, 0.6) is 0 Å². The van der Waals surface area contributed by atoms with Gasteiger partial charge in [-0.05, 0) is 19.1 Å². The summed E-state index contributed by atoms with van der Waals surface area (Å²) in [6, 6.07) is 3.23. The summed E-state index contributed by atoms with van der Waals surface area (Å²) >= 11 is 5.74. The number of ether oxygens (including phenoxy) is 1. The Labute approximate surface area is 93.6 Å². The lowest BCUT2D eigenvalue weighted by atomic mass is 10.2. The minimum absolute atomic E-state index is 0.167. The zero-order valence-corrected chi connectivity index (χ0v) is 9.47. The zero-order chi connectivity index (χ0) is 11.3. The van der Waals surface area contributed by atoms with Crippen molar-refractivity contribution < 1.29 is 9.53 Å². The third kappa shape index (κ3) is 3.85. The van der Waals surface area contributed by atoms with Gasteiger partial charge in [0.1, 0.15) is 5.15 Å². The number of rotatable bonds is 4. The molecule has 0 fully saturated rings. The summed E-state index contributed by atoms with van der Waals surface area (Å²) in [4.78, 5) is 15.5. The first-order chi connectivity index (χ1) is 7.13. The molecule has 4 nitrogen and oxygen atoms in total. The summed E-state index contributed by atoms with van der Waals surface area (Å²) in [6.45, 7) is 2.76. The molecule has 0 aromatic carbocycles. The van der Waals surface area contributed by atoms with Gasteiger partial charge >= 0.3 is 0 Å². The third-order valence-corrected chi connectivity index (χ3v) is 1.97. The van der Waals surface area contributed by atoms with Gasteiger partial charge in [-0.2, -0.15) is 0 Å². The first-order valence-electron chi connectivity index (χ1n) is 4.55. The highest BCUT2D eigenvalue weighted by atomic mass is 35.5. The number of nitrogens with zero attached hydrogens (tertiary/aromatic N) is 1. The quantitative estimate of drug-likeness (QED) is 0.627. The van der Waals surface area contributed by atoms with Crippen LogP contribution in [-0.2, 0) is 4.74 Å². The molecule has 15 heavy (non-hydrogen) atoms. The Morgan fingerprint density at radius 3 is 2.93 bits per heavy atom. The fourth-order valence-corrected chi connectivity index (χ4v) is 1.38. The smallest absolute Gasteiger partial charge is 0.251 e. The van der Waals surface area contributed by atoms with Gasteiger partial charge in [-0.1, -0.05) is 11.6 Å². The maximum atomic E-state index is 11.6. The maximum absolute atomic E-state index is 11.6. The van der Waals surface area contributed by atoms with Gasteiger partial charge in [0, 0.05) is 24.9 Å². The Morgan fingerprint density at radius 2 is 2.33 bits per heavy atom. The van der Waals surface area contributed by atoms with Crippen LogP contribution in [0.4, 0.5) is 0 Å². The highest BCUT2D eigenvalue weighted by Gasteiger charge is 2.06. The van der Waals surface area contributed by atoms with Gasteiger partial charge in [0.05, 0.1) is 6.61 Å². The number of amides is 1. The van der Waals surface area contributed by atoms with Crippen molar-refractivity contribution in [3.05, 3.63) is 28.5 Å². The number of aromatic nitrogens is 1. The fraction of sp³-hybridized carbons (Fsp3) is 0.400. The number of hydrogen-bond acceptors (Lipinski definition) is 3. The van der Waals surface area contributed by atoms with E-state index in [4.69, 9.17) is 16.3 Å². The number of methoxy groups -OCH3 is 1. The lowest BCUT2D eigenvalue weighted by molar-refractivity contribution is 0.0937. The minimum Gasteiger partial charge on any atom is -0.383 e. The number of hydrogen-bond donors (Lipinski definition) is 1. The van der Waals surface area contributed by atoms with Crippen molar-refractivity contribution in [1.29, 1.82) is 0 Å². The van der Waals surface area contributed by atoms with Crippen molar-refractivity contribution in [1.82, 2.24) is 10.3 Å². The standard InChI is InChI=1S/C10H13ClN2O2/c1-7-5-8(6-9(11)13-7)10(14)12-3-4-15-2/h5-6H,3-4H2,1-2H3,(H,12,14). The van der Waals surface area contributed by atoms with Crippen LogP contribution in [0, 0.1) is 6.92 Å². The summed E-state index contributed by atoms with van der Waals surface area (Å²) in [6.07, 6.45) is 0. The molecule has 1 N–H and O–H groups in total. The van der Waals surface area contributed by atoms with E-state index >= 15 is 0 Å². The molecule has 0 aliphatic rings. The van der Waals surface area contributed by atoms with Crippen LogP contribution in [0.1, 0.15) is 16.1 Å². The van der Waals surface area contributed by atoms with Gasteiger partial charge in [-0.15, -0.1) is 0 Å². The SMILES string of the molecule is COCCNC(=O)c1cc(C)nc(Cl)c1. The van der Waals surface area contributed by atoms with Crippen molar-refractivity contribution in [3.63, 3.8) is 0 Å². The second kappa shape index (κ2) is 5.68. The number of halogens is 1. The van der Waals surface area contributed by atoms with Crippen molar-refractivity contribution in [2.24, 2.45) is 0 Å². The normalized spacial score (nSPS) is 10.1. The van der Waals surface area contributed by atoms with E-state index in [1.165, 1.54) is 6.07 Å². The van der Waals surface area contributed by atoms with E-state index in [1.54, 1.807) is 20.1 Å². The van der Waals surface area contributed by atoms with E-state index in [0.717, 1.165) is 5.69 Å². The lowest BCUT2D eigenvalue weighted by Crippen LogP contribution is -2.27. The molecule has 1 aromatic heterocycles. The van der Waals surface area contributed by atoms with Crippen LogP contribution in [0.25, 0.3) is 0 Å². The van der Waals surface area contributed by atoms with Crippen molar-refractivity contribution in [2.45, 2.75) is 6.92 Å². The first-order valence-corrected chi connectivity index (χ1v) is 4.92. The van der Waals surface area contributed by atoms with E-state index < -0.39 is 0 Å². The van der Waals surface area contributed by atoms with Gasteiger partial charge in [-0.3, -0.25) is 4.79 Å². The van der Waals surface area contributed by atoms with Crippen LogP contribution < -0.4 is 5.32 Å². The Morgan fingerprint density at radius 1 is 1.60 bits per heavy atom. The van der Waals surface area contributed by atoms with E-state index in [1.807, 2.05) is 0 Å². The summed E-state index contributed by atoms with van der Waals surface area (Å²) in [5.74, 6) is -0.167. The van der Waals surface area contributed by atoms with Crippen LogP contribution in [0.2, 0.25) is 5.15 Å². The van der Waals surface area contributed by atoms with E-state index in [-0.39, 0.29) is 5.91 Å². The molecule has 0 spiro atoms. The molecule has 1 aromatic rings. The molecule has 1 amide bonds. The summed E-state index contributed by atoms with van der Waals surface area (Å²) in [5.41, 5.74) is 1.24. The molecule has 0 radical (unpaired) electrons. The van der Waals surface area contributed by atoms with Crippen LogP contribution >= 0.6 is 11.6 Å². The number of carbonyl (C=O) groups is 1. The van der Waals surface area contributed by atoms with E-state index in [0.29, 0.717) is 23.9 Å². The first kappa shape index (κ1) is 11.9. The summed E-state index contributed by atoms with van der Waals surface area (Å²) in [7, 11) is 1.58. The van der Waals surface area contributed by atoms with E-state index in [9.17, 15) is 4.79 Å². The summed E-state index contributed by atoms with van der Waals surface area (Å²) < 4.78 is 4.82. The molecule has 0 aliphatic carbocycles. The molecule has 0 saturated carbocycles. The summed E-state index contributed by atoms with van der Waals surface area (Å²) in [5, 5.41) is 3.03. The monoisotopic (exact) mass is 228 g/mol. The molecular formula is C10H13ClN2O2. The van der Waals surface area contributed by atoms with Crippen LogP contribution in [0.15, 0.2) is 12.1 Å². The highest BCUT2D eigenvalue weighted by molar-refractivity contribution is 6.29. The van der Waals surface area contributed by atoms with Gasteiger partial charge < -0.3 is 10.1 Å². The molecule has 82 valence electrons. The lowest BCUT2D eigenvalue weighted by Gasteiger charge is -2.05. The predicted molar refractivity (Wildman–Crippen MR) is 58.2 cm³/mol. The number of aryl methyl sites for hydroxylation is 1. The predicted octanol–water partition coefficient (Wildman–Crippen LogP) is 1.42. The average Bonchev–Trinajstić information content (AvgIpc) is 2.16. The third-order valence-electron chi connectivity index (χ3n) is 1.78. The van der Waals surface area contributed by atoms with Crippen LogP contribution in [0.3, 0.4) is 0 Å². The second-order valence-corrected chi connectivity index (χ2v) is 3.46. The molecule has 0 bridgehead atoms. The zero-order valence-electron chi connectivity index (χ0n) is 8.71. The van der Waals surface area contributed by atoms with Gasteiger partial charge in [0.15, 0.2) is 0 Å². The maximum Gasteiger partial charge on any atom is 0.251 e. The van der Waals surface area contributed by atoms with Gasteiger partial charge in [-0.25, -0.2) is 4.98 Å². The molecule has 1 heterocycles. The Balaban J connectivity index is 2.65. The average molecular weight is 229 g/mol. The van der Waals surface area contributed by atoms with E-state index in [2.05, 4.69) is 10.3 Å². The largest absolute Gasteiger partial charge is 0.383 e. The number of pyridine rings is 1. The molecule has 0 atom stereocenters. The Hall–Kier alpha value is -1.13. The van der Waals surface area contributed by atoms with Gasteiger partial charge in [0.2, 0.25) is 0 Å². The van der Waals surface area contributed by atoms with Crippen molar-refractivity contribution >= 4 is 17.5 Å². The fourth-order valence-electron chi connectivity index (χ4n) is 1.13. The van der Waals surface area contributed by atoms with Crippen molar-refractivity contribution in [2.75, 3.05) is 20.3 Å². The number of carbonyl (C=O) groups excluding carboxylic acids is 1. The minimum atomic E-state index is -0.167. The van der Waals surface area contributed by atoms with Gasteiger partial charge in [0.25, 0.3) is 5.91 Å². The molecule has 0 unspecified atom stereocenters. The Bertz CT molecular complexity index is 335. The molecule has 1 rings (SSSR count). The second-order valence-electron chi connectivity index (χ2n) is 3.07. The topological polar surface area (TPSA) is 51.2 Å². The molecule has 0 aliphatic heterocycles. The molecular weight excluding hydrogens is 216 g/mol. The highest BCUT2D eigenvalue weighted by Crippen LogP contribution is 2.09.